The molecule has 1 aromatic heterocycles. The van der Waals surface area contributed by atoms with Crippen molar-refractivity contribution in [3.63, 3.8) is 0 Å². The molecule has 2 rings (SSSR count). The average Bonchev–Trinajstić information content (AvgIpc) is 3.09. The largest absolute Gasteiger partial charge is 0.481 e. The molecule has 2 aromatic rings. The smallest absolute Gasteiger partial charge is 0.404 e. The highest BCUT2D eigenvalue weighted by Crippen LogP contribution is 2.15. The Morgan fingerprint density at radius 2 is 1.85 bits per heavy atom. The summed E-state index contributed by atoms with van der Waals surface area (Å²) < 4.78 is 5.21. The molecule has 0 spiro atoms. The molecule has 148 valence electrons. The second-order valence-electron chi connectivity index (χ2n) is 5.89. The first-order valence-electron chi connectivity index (χ1n) is 8.66. The number of aryl methyl sites for hydroxylation is 2. The van der Waals surface area contributed by atoms with Gasteiger partial charge in [0.25, 0.3) is 5.97 Å². The number of amides is 1. The number of rotatable bonds is 9. The van der Waals surface area contributed by atoms with Crippen molar-refractivity contribution in [2.45, 2.75) is 45.1 Å². The van der Waals surface area contributed by atoms with Crippen LogP contribution in [0, 0.1) is 0 Å². The number of aliphatic carboxylic acids is 1. The van der Waals surface area contributed by atoms with E-state index in [0.29, 0.717) is 31.1 Å². The van der Waals surface area contributed by atoms with Crippen LogP contribution in [0.25, 0.3) is 0 Å². The zero-order valence-electron chi connectivity index (χ0n) is 15.3. The van der Waals surface area contributed by atoms with Gasteiger partial charge in [-0.3, -0.25) is 4.79 Å². The number of nitrogens with one attached hydrogen (secondary N) is 1. The summed E-state index contributed by atoms with van der Waals surface area (Å²) in [6.07, 6.45) is 2.77. The summed E-state index contributed by atoms with van der Waals surface area (Å²) in [5.74, 6) is 0.270. The standard InChI is InChI=1S/C16H22N4O3.C2H4O2/c17-13(8-4-5-11-18-16(21)22)15-19-14(20-23-15)10-9-12-6-2-1-3-7-12;1-2(3)4/h1-3,6-7,13,18H,4-5,8-11,17H2,(H,21,22);1H3,(H,3,4). The zero-order valence-corrected chi connectivity index (χ0v) is 15.3. The number of carboxylic acid groups (broad SMARTS) is 2. The number of carboxylic acids is 1. The summed E-state index contributed by atoms with van der Waals surface area (Å²) in [6, 6.07) is 9.83. The lowest BCUT2D eigenvalue weighted by atomic mass is 10.1. The third-order valence-electron chi connectivity index (χ3n) is 3.50. The summed E-state index contributed by atoms with van der Waals surface area (Å²) in [5.41, 5.74) is 7.26. The van der Waals surface area contributed by atoms with Gasteiger partial charge in [-0.05, 0) is 31.2 Å². The van der Waals surface area contributed by atoms with E-state index in [1.54, 1.807) is 0 Å². The normalized spacial score (nSPS) is 11.2. The van der Waals surface area contributed by atoms with E-state index in [9.17, 15) is 4.79 Å². The molecule has 0 saturated carbocycles. The summed E-state index contributed by atoms with van der Waals surface area (Å²) >= 11 is 0. The minimum atomic E-state index is -1.01. The molecular formula is C18H26N4O5. The molecule has 1 unspecified atom stereocenters. The van der Waals surface area contributed by atoms with Crippen LogP contribution in [0.4, 0.5) is 4.79 Å². The van der Waals surface area contributed by atoms with Crippen LogP contribution in [0.2, 0.25) is 0 Å². The first kappa shape index (κ1) is 22.1. The van der Waals surface area contributed by atoms with Crippen molar-refractivity contribution >= 4 is 12.1 Å². The topological polar surface area (TPSA) is 152 Å². The van der Waals surface area contributed by atoms with Gasteiger partial charge in [-0.2, -0.15) is 4.98 Å². The van der Waals surface area contributed by atoms with E-state index < -0.39 is 12.1 Å². The van der Waals surface area contributed by atoms with Gasteiger partial charge in [0.2, 0.25) is 5.89 Å². The number of unbranched alkanes of at least 4 members (excludes halogenated alkanes) is 1. The predicted molar refractivity (Wildman–Crippen MR) is 98.3 cm³/mol. The fourth-order valence-corrected chi connectivity index (χ4v) is 2.23. The van der Waals surface area contributed by atoms with Crippen LogP contribution in [0.5, 0.6) is 0 Å². The van der Waals surface area contributed by atoms with E-state index in [1.165, 1.54) is 5.56 Å². The lowest BCUT2D eigenvalue weighted by Crippen LogP contribution is -2.22. The van der Waals surface area contributed by atoms with Crippen molar-refractivity contribution in [1.82, 2.24) is 15.5 Å². The highest BCUT2D eigenvalue weighted by Gasteiger charge is 2.14. The molecule has 5 N–H and O–H groups in total. The fourth-order valence-electron chi connectivity index (χ4n) is 2.23. The maximum Gasteiger partial charge on any atom is 0.404 e. The fraction of sp³-hybridized carbons (Fsp3) is 0.444. The number of nitrogens with zero attached hydrogens (tertiary/aromatic N) is 2. The Bertz CT molecular complexity index is 686. The van der Waals surface area contributed by atoms with Gasteiger partial charge in [0, 0.05) is 19.9 Å². The van der Waals surface area contributed by atoms with Crippen LogP contribution < -0.4 is 11.1 Å². The molecule has 0 radical (unpaired) electrons. The highest BCUT2D eigenvalue weighted by atomic mass is 16.5. The molecule has 0 saturated heterocycles. The van der Waals surface area contributed by atoms with Gasteiger partial charge >= 0.3 is 6.09 Å². The van der Waals surface area contributed by atoms with Gasteiger partial charge in [0.1, 0.15) is 0 Å². The van der Waals surface area contributed by atoms with Crippen LogP contribution in [0.15, 0.2) is 34.9 Å². The third kappa shape index (κ3) is 10.6. The molecule has 0 aliphatic rings. The lowest BCUT2D eigenvalue weighted by molar-refractivity contribution is -0.134. The number of hydrogen-bond acceptors (Lipinski definition) is 6. The maximum absolute atomic E-state index is 10.3. The Morgan fingerprint density at radius 1 is 1.19 bits per heavy atom. The number of carbonyl (C=O) groups is 2. The minimum Gasteiger partial charge on any atom is -0.481 e. The Balaban J connectivity index is 0.000000828. The van der Waals surface area contributed by atoms with Crippen LogP contribution >= 0.6 is 0 Å². The van der Waals surface area contributed by atoms with Crippen molar-refractivity contribution in [2.75, 3.05) is 6.54 Å². The van der Waals surface area contributed by atoms with Gasteiger partial charge in [0.05, 0.1) is 6.04 Å². The molecule has 1 amide bonds. The molecule has 1 aromatic carbocycles. The second kappa shape index (κ2) is 12.4. The molecule has 0 fully saturated rings. The Kier molecular flexibility index (Phi) is 10.2. The average molecular weight is 378 g/mol. The van der Waals surface area contributed by atoms with Crippen LogP contribution in [-0.2, 0) is 17.6 Å². The maximum atomic E-state index is 10.3. The molecule has 0 bridgehead atoms. The van der Waals surface area contributed by atoms with E-state index in [4.69, 9.17) is 25.3 Å². The molecular weight excluding hydrogens is 352 g/mol. The van der Waals surface area contributed by atoms with Crippen molar-refractivity contribution in [2.24, 2.45) is 5.73 Å². The SMILES string of the molecule is CC(=O)O.NC(CCCCNC(=O)O)c1nc(CCc2ccccc2)no1. The number of hydrogen-bond donors (Lipinski definition) is 4. The van der Waals surface area contributed by atoms with Crippen LogP contribution in [-0.4, -0.2) is 39.0 Å². The van der Waals surface area contributed by atoms with E-state index in [-0.39, 0.29) is 6.04 Å². The van der Waals surface area contributed by atoms with E-state index in [1.807, 2.05) is 18.2 Å². The minimum absolute atomic E-state index is 0.308. The van der Waals surface area contributed by atoms with Crippen molar-refractivity contribution in [1.29, 1.82) is 0 Å². The number of benzene rings is 1. The lowest BCUT2D eigenvalue weighted by Gasteiger charge is -2.06. The summed E-state index contributed by atoms with van der Waals surface area (Å²) in [6.45, 7) is 1.51. The monoisotopic (exact) mass is 378 g/mol. The van der Waals surface area contributed by atoms with Gasteiger partial charge in [-0.15, -0.1) is 0 Å². The Hall–Kier alpha value is -2.94. The molecule has 9 nitrogen and oxygen atoms in total. The third-order valence-corrected chi connectivity index (χ3v) is 3.50. The summed E-state index contributed by atoms with van der Waals surface area (Å²) in [7, 11) is 0. The molecule has 0 aliphatic carbocycles. The first-order chi connectivity index (χ1) is 12.9. The zero-order chi connectivity index (χ0) is 20.1. The van der Waals surface area contributed by atoms with Crippen LogP contribution in [0.3, 0.4) is 0 Å². The Labute approximate surface area is 157 Å². The highest BCUT2D eigenvalue weighted by molar-refractivity contribution is 5.64. The first-order valence-corrected chi connectivity index (χ1v) is 8.66. The van der Waals surface area contributed by atoms with Gasteiger partial charge in [-0.25, -0.2) is 4.79 Å². The summed E-state index contributed by atoms with van der Waals surface area (Å²) in [5, 5.41) is 22.2. The predicted octanol–water partition coefficient (Wildman–Crippen LogP) is 2.38. The molecule has 1 heterocycles. The number of aromatic nitrogens is 2. The van der Waals surface area contributed by atoms with E-state index in [2.05, 4.69) is 27.6 Å². The Morgan fingerprint density at radius 3 is 2.48 bits per heavy atom. The molecule has 0 aliphatic heterocycles. The van der Waals surface area contributed by atoms with Gasteiger partial charge < -0.3 is 25.8 Å². The second-order valence-corrected chi connectivity index (χ2v) is 5.89. The van der Waals surface area contributed by atoms with E-state index >= 15 is 0 Å². The molecule has 1 atom stereocenters. The number of nitrogens with two attached hydrogens (primary N) is 1. The quantitative estimate of drug-likeness (QED) is 0.485. The van der Waals surface area contributed by atoms with Crippen molar-refractivity contribution < 1.29 is 24.3 Å². The van der Waals surface area contributed by atoms with Crippen LogP contribution in [0.1, 0.15) is 49.5 Å². The summed E-state index contributed by atoms with van der Waals surface area (Å²) in [4.78, 5) is 23.7. The van der Waals surface area contributed by atoms with Gasteiger partial charge in [0.15, 0.2) is 5.82 Å². The van der Waals surface area contributed by atoms with Crippen molar-refractivity contribution in [3.8, 4) is 0 Å². The van der Waals surface area contributed by atoms with Crippen molar-refractivity contribution in [3.05, 3.63) is 47.6 Å². The van der Waals surface area contributed by atoms with E-state index in [0.717, 1.165) is 26.2 Å². The molecule has 9 heteroatoms. The molecule has 27 heavy (non-hydrogen) atoms. The van der Waals surface area contributed by atoms with Gasteiger partial charge in [-0.1, -0.05) is 35.5 Å².